The molecule has 0 aliphatic carbocycles. The van der Waals surface area contributed by atoms with E-state index in [1.807, 2.05) is 19.9 Å². The number of nitrogens with one attached hydrogen (secondary N) is 1. The van der Waals surface area contributed by atoms with Gasteiger partial charge in [0.15, 0.2) is 0 Å². The first-order valence-corrected chi connectivity index (χ1v) is 10.9. The molecule has 1 N–H and O–H groups in total. The summed E-state index contributed by atoms with van der Waals surface area (Å²) in [7, 11) is 0. The lowest BCUT2D eigenvalue weighted by atomic mass is 10.1. The van der Waals surface area contributed by atoms with Crippen LogP contribution in [0, 0.1) is 13.8 Å². The molecule has 2 heterocycles. The van der Waals surface area contributed by atoms with Crippen LogP contribution in [0.4, 0.5) is 5.69 Å². The molecule has 6 nitrogen and oxygen atoms in total. The summed E-state index contributed by atoms with van der Waals surface area (Å²) in [6, 6.07) is 11.7. The fourth-order valence-corrected chi connectivity index (χ4v) is 4.65. The first kappa shape index (κ1) is 21.4. The molecule has 2 aromatic carbocycles. The van der Waals surface area contributed by atoms with Gasteiger partial charge in [0, 0.05) is 15.7 Å². The summed E-state index contributed by atoms with van der Waals surface area (Å²) in [6.45, 7) is 3.59. The van der Waals surface area contributed by atoms with E-state index in [2.05, 4.69) is 5.32 Å². The van der Waals surface area contributed by atoms with E-state index in [1.54, 1.807) is 41.8 Å². The molecule has 0 spiro atoms. The summed E-state index contributed by atoms with van der Waals surface area (Å²) >= 11 is 13.2. The van der Waals surface area contributed by atoms with E-state index in [-0.39, 0.29) is 6.54 Å². The Labute approximate surface area is 191 Å². The SMILES string of the molecule is Cc1ccc(-n2c(=O)c3sccc3n(CC(=O)Nc3cc(Cl)cc(Cl)c3)c2=O)cc1C. The number of aromatic nitrogens is 2. The number of carbonyl (C=O) groups is 1. The highest BCUT2D eigenvalue weighted by Gasteiger charge is 2.18. The molecule has 31 heavy (non-hydrogen) atoms. The third-order valence-electron chi connectivity index (χ3n) is 4.95. The highest BCUT2D eigenvalue weighted by atomic mass is 35.5. The Morgan fingerprint density at radius 2 is 1.71 bits per heavy atom. The van der Waals surface area contributed by atoms with Gasteiger partial charge >= 0.3 is 5.69 Å². The molecule has 0 saturated carbocycles. The van der Waals surface area contributed by atoms with Crippen LogP contribution in [0.15, 0.2) is 57.4 Å². The number of hydrogen-bond acceptors (Lipinski definition) is 4. The molecule has 0 unspecified atom stereocenters. The molecule has 0 fully saturated rings. The molecular weight excluding hydrogens is 457 g/mol. The highest BCUT2D eigenvalue weighted by molar-refractivity contribution is 7.17. The summed E-state index contributed by atoms with van der Waals surface area (Å²) < 4.78 is 2.80. The minimum atomic E-state index is -0.585. The Bertz CT molecular complexity index is 1430. The van der Waals surface area contributed by atoms with Crippen molar-refractivity contribution in [2.24, 2.45) is 0 Å². The molecular formula is C22H17Cl2N3O3S. The molecule has 0 saturated heterocycles. The van der Waals surface area contributed by atoms with E-state index < -0.39 is 17.2 Å². The molecule has 0 aliphatic heterocycles. The zero-order chi connectivity index (χ0) is 22.3. The van der Waals surface area contributed by atoms with Gasteiger partial charge in [-0.3, -0.25) is 14.2 Å². The topological polar surface area (TPSA) is 73.1 Å². The number of aryl methyl sites for hydroxylation is 2. The van der Waals surface area contributed by atoms with E-state index in [9.17, 15) is 14.4 Å². The van der Waals surface area contributed by atoms with Gasteiger partial charge in [0.1, 0.15) is 11.2 Å². The van der Waals surface area contributed by atoms with Crippen molar-refractivity contribution in [2.75, 3.05) is 5.32 Å². The lowest BCUT2D eigenvalue weighted by Crippen LogP contribution is -2.40. The van der Waals surface area contributed by atoms with E-state index in [4.69, 9.17) is 23.2 Å². The summed E-state index contributed by atoms with van der Waals surface area (Å²) in [4.78, 5) is 39.1. The molecule has 0 atom stereocenters. The smallest absolute Gasteiger partial charge is 0.324 e. The van der Waals surface area contributed by atoms with Crippen molar-refractivity contribution in [2.45, 2.75) is 20.4 Å². The number of halogens is 2. The van der Waals surface area contributed by atoms with Crippen LogP contribution in [0.1, 0.15) is 11.1 Å². The Kier molecular flexibility index (Phi) is 5.75. The van der Waals surface area contributed by atoms with Crippen LogP contribution in [0.5, 0.6) is 0 Å². The number of rotatable bonds is 4. The number of anilines is 1. The van der Waals surface area contributed by atoms with Gasteiger partial charge in [-0.25, -0.2) is 9.36 Å². The summed E-state index contributed by atoms with van der Waals surface area (Å²) in [5, 5.41) is 5.18. The van der Waals surface area contributed by atoms with Crippen LogP contribution in [0.3, 0.4) is 0 Å². The zero-order valence-corrected chi connectivity index (χ0v) is 18.9. The largest absolute Gasteiger partial charge is 0.336 e. The highest BCUT2D eigenvalue weighted by Crippen LogP contribution is 2.23. The second-order valence-electron chi connectivity index (χ2n) is 7.12. The van der Waals surface area contributed by atoms with E-state index >= 15 is 0 Å². The number of nitrogens with zero attached hydrogens (tertiary/aromatic N) is 2. The summed E-state index contributed by atoms with van der Waals surface area (Å²) in [5.74, 6) is -0.446. The second-order valence-corrected chi connectivity index (χ2v) is 8.91. The first-order chi connectivity index (χ1) is 14.7. The number of benzene rings is 2. The van der Waals surface area contributed by atoms with Crippen molar-refractivity contribution < 1.29 is 4.79 Å². The van der Waals surface area contributed by atoms with Gasteiger partial charge in [0.2, 0.25) is 5.91 Å². The van der Waals surface area contributed by atoms with Gasteiger partial charge < -0.3 is 5.32 Å². The molecule has 0 bridgehead atoms. The molecule has 9 heteroatoms. The maximum absolute atomic E-state index is 13.3. The quantitative estimate of drug-likeness (QED) is 0.463. The van der Waals surface area contributed by atoms with Gasteiger partial charge in [0.05, 0.1) is 11.2 Å². The third kappa shape index (κ3) is 4.17. The average Bonchev–Trinajstić information content (AvgIpc) is 3.17. The Morgan fingerprint density at radius 3 is 2.39 bits per heavy atom. The van der Waals surface area contributed by atoms with Crippen LogP contribution in [0.2, 0.25) is 10.0 Å². The van der Waals surface area contributed by atoms with E-state index in [0.717, 1.165) is 15.7 Å². The van der Waals surface area contributed by atoms with Crippen molar-refractivity contribution in [1.29, 1.82) is 0 Å². The lowest BCUT2D eigenvalue weighted by molar-refractivity contribution is -0.116. The number of carbonyl (C=O) groups excluding carboxylic acids is 1. The minimum absolute atomic E-state index is 0.276. The number of thiophene rings is 1. The van der Waals surface area contributed by atoms with Gasteiger partial charge in [-0.1, -0.05) is 29.3 Å². The lowest BCUT2D eigenvalue weighted by Gasteiger charge is -2.13. The van der Waals surface area contributed by atoms with E-state index in [0.29, 0.717) is 31.6 Å². The number of hydrogen-bond donors (Lipinski definition) is 1. The van der Waals surface area contributed by atoms with Gasteiger partial charge in [0.25, 0.3) is 5.56 Å². The van der Waals surface area contributed by atoms with Gasteiger partial charge in [-0.15, -0.1) is 11.3 Å². The number of fused-ring (bicyclic) bond motifs is 1. The zero-order valence-electron chi connectivity index (χ0n) is 16.6. The third-order valence-corrected chi connectivity index (χ3v) is 6.28. The molecule has 4 rings (SSSR count). The maximum atomic E-state index is 13.3. The van der Waals surface area contributed by atoms with Crippen molar-refractivity contribution in [3.8, 4) is 5.69 Å². The second kappa shape index (κ2) is 8.34. The maximum Gasteiger partial charge on any atom is 0.336 e. The Morgan fingerprint density at radius 1 is 1.00 bits per heavy atom. The summed E-state index contributed by atoms with van der Waals surface area (Å²) in [5.41, 5.74) is 2.31. The van der Waals surface area contributed by atoms with Crippen LogP contribution < -0.4 is 16.6 Å². The van der Waals surface area contributed by atoms with Crippen LogP contribution >= 0.6 is 34.5 Å². The summed E-state index contributed by atoms with van der Waals surface area (Å²) in [6.07, 6.45) is 0. The normalized spacial score (nSPS) is 11.1. The molecule has 158 valence electrons. The van der Waals surface area contributed by atoms with Gasteiger partial charge in [-0.05, 0) is 66.8 Å². The predicted molar refractivity (Wildman–Crippen MR) is 126 cm³/mol. The standard InChI is InChI=1S/C22H17Cl2N3O3S/c1-12-3-4-17(7-13(12)2)27-21(29)20-18(5-6-31-20)26(22(27)30)11-19(28)25-16-9-14(23)8-15(24)10-16/h3-10H,11H2,1-2H3,(H,25,28). The monoisotopic (exact) mass is 473 g/mol. The van der Waals surface area contributed by atoms with Crippen molar-refractivity contribution in [3.63, 3.8) is 0 Å². The Hall–Kier alpha value is -2.87. The van der Waals surface area contributed by atoms with Crippen molar-refractivity contribution >= 4 is 56.3 Å². The van der Waals surface area contributed by atoms with Gasteiger partial charge in [-0.2, -0.15) is 0 Å². The number of amides is 1. The first-order valence-electron chi connectivity index (χ1n) is 9.31. The Balaban J connectivity index is 1.80. The fraction of sp³-hybridized carbons (Fsp3) is 0.136. The predicted octanol–water partition coefficient (Wildman–Crippen LogP) is 4.78. The molecule has 1 amide bonds. The van der Waals surface area contributed by atoms with E-state index in [1.165, 1.54) is 15.9 Å². The van der Waals surface area contributed by atoms with Crippen LogP contribution in [-0.4, -0.2) is 15.0 Å². The molecule has 0 radical (unpaired) electrons. The molecule has 0 aliphatic rings. The van der Waals surface area contributed by atoms with Crippen LogP contribution in [-0.2, 0) is 11.3 Å². The minimum Gasteiger partial charge on any atom is -0.324 e. The van der Waals surface area contributed by atoms with Crippen molar-refractivity contribution in [1.82, 2.24) is 9.13 Å². The molecule has 4 aromatic rings. The average molecular weight is 474 g/mol. The fourth-order valence-electron chi connectivity index (χ4n) is 3.30. The van der Waals surface area contributed by atoms with Crippen LogP contribution in [0.25, 0.3) is 15.9 Å². The molecule has 2 aromatic heterocycles. The van der Waals surface area contributed by atoms with Crippen molar-refractivity contribution in [3.05, 3.63) is 89.9 Å².